The summed E-state index contributed by atoms with van der Waals surface area (Å²) in [5.74, 6) is -0.0387. The fraction of sp³-hybridized carbons (Fsp3) is 0.391. The predicted molar refractivity (Wildman–Crippen MR) is 128 cm³/mol. The molecule has 0 radical (unpaired) electrons. The highest BCUT2D eigenvalue weighted by Crippen LogP contribution is 2.38. The summed E-state index contributed by atoms with van der Waals surface area (Å²) in [6.07, 6.45) is -1.32. The standard InChI is InChI=1S/C23H27N7O7/c1-11(2)9-17-26-22(37-30-17)13-5-4-6-14(19(13)36-3)24-15-10-16(25-20(31)12-7-8-12)28-29-18(15)21(32)27-23(33,34)35/h4-6,10-12,33-35H,7-9H2,1-3H3,(H,27,32)(H2,24,25,28,31). The molecule has 3 aromatic rings. The maximum Gasteiger partial charge on any atom is 0.369 e. The summed E-state index contributed by atoms with van der Waals surface area (Å²) in [6, 6.07) is 6.40. The second kappa shape index (κ2) is 10.5. The molecule has 2 amide bonds. The van der Waals surface area contributed by atoms with Crippen LogP contribution in [0.4, 0.5) is 17.2 Å². The summed E-state index contributed by atoms with van der Waals surface area (Å²) in [7, 11) is 1.44. The molecule has 0 spiro atoms. The molecule has 37 heavy (non-hydrogen) atoms. The summed E-state index contributed by atoms with van der Waals surface area (Å²) >= 11 is 0. The van der Waals surface area contributed by atoms with Crippen LogP contribution in [0.1, 0.15) is 43.0 Å². The quantitative estimate of drug-likeness (QED) is 0.211. The second-order valence-corrected chi connectivity index (χ2v) is 8.97. The number of aliphatic hydroxyl groups is 3. The molecule has 2 heterocycles. The molecule has 0 saturated heterocycles. The zero-order chi connectivity index (χ0) is 26.7. The number of benzene rings is 1. The average molecular weight is 514 g/mol. The van der Waals surface area contributed by atoms with Crippen LogP contribution in [-0.4, -0.2) is 60.7 Å². The van der Waals surface area contributed by atoms with Crippen molar-refractivity contribution in [2.45, 2.75) is 39.2 Å². The number of para-hydroxylation sites is 1. The number of nitrogens with zero attached hydrogens (tertiary/aromatic N) is 4. The highest BCUT2D eigenvalue weighted by atomic mass is 16.7. The van der Waals surface area contributed by atoms with Crippen molar-refractivity contribution in [2.24, 2.45) is 11.8 Å². The normalized spacial score (nSPS) is 13.4. The zero-order valence-corrected chi connectivity index (χ0v) is 20.3. The van der Waals surface area contributed by atoms with Crippen LogP contribution in [0.25, 0.3) is 11.5 Å². The van der Waals surface area contributed by atoms with E-state index in [1.807, 2.05) is 13.8 Å². The molecule has 0 atom stereocenters. The highest BCUT2D eigenvalue weighted by Gasteiger charge is 2.31. The molecule has 6 N–H and O–H groups in total. The number of hydrogen-bond acceptors (Lipinski definition) is 12. The van der Waals surface area contributed by atoms with Crippen molar-refractivity contribution in [3.05, 3.63) is 35.8 Å². The predicted octanol–water partition coefficient (Wildman–Crippen LogP) is 1.14. The van der Waals surface area contributed by atoms with E-state index in [1.165, 1.54) is 13.2 Å². The minimum Gasteiger partial charge on any atom is -0.494 e. The van der Waals surface area contributed by atoms with E-state index in [0.29, 0.717) is 35.2 Å². The minimum atomic E-state index is -3.49. The van der Waals surface area contributed by atoms with E-state index in [-0.39, 0.29) is 29.2 Å². The SMILES string of the molecule is COc1c(Nc2cc(NC(=O)C3CC3)nnc2C(=O)NC(O)(O)O)cccc1-c1nc(CC(C)C)no1. The topological polar surface area (TPSA) is 205 Å². The Hall–Kier alpha value is -4.14. The van der Waals surface area contributed by atoms with E-state index in [9.17, 15) is 24.9 Å². The maximum atomic E-state index is 12.6. The molecule has 1 aromatic carbocycles. The Kier molecular flexibility index (Phi) is 7.33. The number of anilines is 3. The monoisotopic (exact) mass is 513 g/mol. The van der Waals surface area contributed by atoms with E-state index in [1.54, 1.807) is 23.5 Å². The molecule has 0 aliphatic heterocycles. The van der Waals surface area contributed by atoms with Crippen LogP contribution in [0.15, 0.2) is 28.8 Å². The number of amides is 2. The van der Waals surface area contributed by atoms with E-state index in [0.717, 1.165) is 12.8 Å². The summed E-state index contributed by atoms with van der Waals surface area (Å²) < 4.78 is 11.0. The van der Waals surface area contributed by atoms with Gasteiger partial charge in [0, 0.05) is 18.4 Å². The molecule has 4 rings (SSSR count). The van der Waals surface area contributed by atoms with Gasteiger partial charge in [-0.05, 0) is 30.9 Å². The van der Waals surface area contributed by atoms with Crippen molar-refractivity contribution in [2.75, 3.05) is 17.7 Å². The molecule has 0 unspecified atom stereocenters. The lowest BCUT2D eigenvalue weighted by molar-refractivity contribution is -0.323. The van der Waals surface area contributed by atoms with Gasteiger partial charge in [0.2, 0.25) is 5.91 Å². The summed E-state index contributed by atoms with van der Waals surface area (Å²) in [4.78, 5) is 29.2. The smallest absolute Gasteiger partial charge is 0.369 e. The summed E-state index contributed by atoms with van der Waals surface area (Å²) in [5, 5.41) is 46.4. The van der Waals surface area contributed by atoms with Crippen LogP contribution in [0.2, 0.25) is 0 Å². The number of hydrogen-bond donors (Lipinski definition) is 6. The van der Waals surface area contributed by atoms with Crippen molar-refractivity contribution in [3.8, 4) is 17.2 Å². The van der Waals surface area contributed by atoms with Crippen molar-refractivity contribution < 1.29 is 34.2 Å². The van der Waals surface area contributed by atoms with Crippen LogP contribution in [0.3, 0.4) is 0 Å². The van der Waals surface area contributed by atoms with Crippen LogP contribution in [0, 0.1) is 11.8 Å². The molecule has 14 heteroatoms. The molecule has 1 aliphatic carbocycles. The van der Waals surface area contributed by atoms with Crippen LogP contribution in [-0.2, 0) is 11.2 Å². The third-order valence-corrected chi connectivity index (χ3v) is 5.27. The van der Waals surface area contributed by atoms with Gasteiger partial charge in [-0.3, -0.25) is 14.9 Å². The van der Waals surface area contributed by atoms with Crippen molar-refractivity contribution in [1.29, 1.82) is 0 Å². The van der Waals surface area contributed by atoms with Crippen LogP contribution in [0.5, 0.6) is 5.75 Å². The first-order chi connectivity index (χ1) is 17.5. The van der Waals surface area contributed by atoms with Gasteiger partial charge in [-0.1, -0.05) is 25.1 Å². The van der Waals surface area contributed by atoms with Gasteiger partial charge in [0.25, 0.3) is 11.8 Å². The Bertz CT molecular complexity index is 1300. The third-order valence-electron chi connectivity index (χ3n) is 5.27. The van der Waals surface area contributed by atoms with E-state index in [4.69, 9.17) is 9.26 Å². The first-order valence-electron chi connectivity index (χ1n) is 11.5. The van der Waals surface area contributed by atoms with Gasteiger partial charge in [-0.2, -0.15) is 4.98 Å². The molecule has 1 saturated carbocycles. The van der Waals surface area contributed by atoms with Crippen molar-refractivity contribution in [1.82, 2.24) is 25.7 Å². The Balaban J connectivity index is 1.70. The zero-order valence-electron chi connectivity index (χ0n) is 20.3. The van der Waals surface area contributed by atoms with Crippen molar-refractivity contribution in [3.63, 3.8) is 0 Å². The number of rotatable bonds is 10. The molecule has 1 aliphatic rings. The number of methoxy groups -OCH3 is 1. The Labute approximate surface area is 211 Å². The molecular formula is C23H27N7O7. The second-order valence-electron chi connectivity index (χ2n) is 8.97. The number of ether oxygens (including phenoxy) is 1. The molecular weight excluding hydrogens is 486 g/mol. The highest BCUT2D eigenvalue weighted by molar-refractivity contribution is 6.00. The van der Waals surface area contributed by atoms with Gasteiger partial charge in [0.15, 0.2) is 23.1 Å². The fourth-order valence-corrected chi connectivity index (χ4v) is 3.48. The van der Waals surface area contributed by atoms with Crippen LogP contribution >= 0.6 is 0 Å². The molecule has 196 valence electrons. The number of nitrogens with one attached hydrogen (secondary N) is 3. The lowest BCUT2D eigenvalue weighted by Gasteiger charge is -2.18. The Morgan fingerprint density at radius 1 is 1.19 bits per heavy atom. The van der Waals surface area contributed by atoms with Gasteiger partial charge in [-0.15, -0.1) is 10.2 Å². The Morgan fingerprint density at radius 2 is 1.95 bits per heavy atom. The van der Waals surface area contributed by atoms with Gasteiger partial charge >= 0.3 is 6.10 Å². The number of carbonyl (C=O) groups excluding carboxylic acids is 2. The van der Waals surface area contributed by atoms with Crippen molar-refractivity contribution >= 4 is 29.0 Å². The van der Waals surface area contributed by atoms with E-state index >= 15 is 0 Å². The van der Waals surface area contributed by atoms with E-state index < -0.39 is 17.7 Å². The fourth-order valence-electron chi connectivity index (χ4n) is 3.48. The lowest BCUT2D eigenvalue weighted by atomic mass is 10.1. The Morgan fingerprint density at radius 3 is 2.59 bits per heavy atom. The third kappa shape index (κ3) is 6.55. The number of aromatic nitrogens is 4. The van der Waals surface area contributed by atoms with E-state index in [2.05, 4.69) is 31.0 Å². The number of carbonyl (C=O) groups is 2. The largest absolute Gasteiger partial charge is 0.494 e. The van der Waals surface area contributed by atoms with Gasteiger partial charge in [0.1, 0.15) is 0 Å². The van der Waals surface area contributed by atoms with Gasteiger partial charge in [-0.25, -0.2) is 0 Å². The first-order valence-corrected chi connectivity index (χ1v) is 11.5. The maximum absolute atomic E-state index is 12.6. The summed E-state index contributed by atoms with van der Waals surface area (Å²) in [6.45, 7) is 4.07. The average Bonchev–Trinajstić information content (AvgIpc) is 3.57. The molecule has 14 nitrogen and oxygen atoms in total. The van der Waals surface area contributed by atoms with Crippen LogP contribution < -0.4 is 20.7 Å². The minimum absolute atomic E-state index is 0.0179. The summed E-state index contributed by atoms with van der Waals surface area (Å²) in [5.41, 5.74) is 0.443. The molecule has 2 aromatic heterocycles. The lowest BCUT2D eigenvalue weighted by Crippen LogP contribution is -2.48. The van der Waals surface area contributed by atoms with Gasteiger partial charge < -0.3 is 35.2 Å². The molecule has 1 fully saturated rings. The van der Waals surface area contributed by atoms with Gasteiger partial charge in [0.05, 0.1) is 24.0 Å². The molecule has 0 bridgehead atoms. The first kappa shape index (κ1) is 25.9.